The van der Waals surface area contributed by atoms with E-state index in [-0.39, 0.29) is 0 Å². The van der Waals surface area contributed by atoms with E-state index >= 15 is 0 Å². The molecular weight excluding hydrogens is 546 g/mol. The van der Waals surface area contributed by atoms with Crippen molar-refractivity contribution in [3.63, 3.8) is 0 Å². The van der Waals surface area contributed by atoms with Gasteiger partial charge in [-0.15, -0.1) is 0 Å². The van der Waals surface area contributed by atoms with Crippen LogP contribution in [0, 0.1) is 0 Å². The Balaban J connectivity index is 0.968. The van der Waals surface area contributed by atoms with Gasteiger partial charge in [0.05, 0.1) is 11.0 Å². The molecule has 5 aromatic rings. The van der Waals surface area contributed by atoms with E-state index in [1.54, 1.807) is 0 Å². The van der Waals surface area contributed by atoms with Crippen LogP contribution in [0.5, 0.6) is 0 Å². The van der Waals surface area contributed by atoms with Crippen molar-refractivity contribution in [3.05, 3.63) is 174 Å². The second-order valence-corrected chi connectivity index (χ2v) is 12.2. The predicted octanol–water partition coefficient (Wildman–Crippen LogP) is 10.4. The van der Waals surface area contributed by atoms with Crippen LogP contribution in [0.1, 0.15) is 37.7 Å². The highest BCUT2D eigenvalue weighted by Crippen LogP contribution is 2.35. The summed E-state index contributed by atoms with van der Waals surface area (Å²) < 4.78 is 2.37. The number of para-hydroxylation sites is 2. The van der Waals surface area contributed by atoms with Gasteiger partial charge in [-0.05, 0) is 96.9 Å². The van der Waals surface area contributed by atoms with E-state index in [0.29, 0.717) is 6.04 Å². The lowest BCUT2D eigenvalue weighted by molar-refractivity contribution is 0.631. The lowest BCUT2D eigenvalue weighted by Crippen LogP contribution is -2.29. The number of allylic oxidation sites excluding steroid dienone is 10. The molecule has 1 unspecified atom stereocenters. The van der Waals surface area contributed by atoms with Crippen LogP contribution in [-0.4, -0.2) is 10.6 Å². The van der Waals surface area contributed by atoms with E-state index in [9.17, 15) is 0 Å². The summed E-state index contributed by atoms with van der Waals surface area (Å²) >= 11 is 0. The summed E-state index contributed by atoms with van der Waals surface area (Å²) in [5.74, 6) is 0. The second kappa shape index (κ2) is 12.0. The van der Waals surface area contributed by atoms with Crippen molar-refractivity contribution in [3.8, 4) is 5.69 Å². The van der Waals surface area contributed by atoms with E-state index in [4.69, 9.17) is 0 Å². The van der Waals surface area contributed by atoms with Crippen molar-refractivity contribution in [2.24, 2.45) is 0 Å². The van der Waals surface area contributed by atoms with Gasteiger partial charge in [0.2, 0.25) is 0 Å². The maximum absolute atomic E-state index is 3.81. The summed E-state index contributed by atoms with van der Waals surface area (Å²) in [6, 6.07) is 37.2. The Morgan fingerprint density at radius 1 is 0.556 bits per heavy atom. The molecule has 3 aliphatic rings. The van der Waals surface area contributed by atoms with Gasteiger partial charge in [0, 0.05) is 39.6 Å². The summed E-state index contributed by atoms with van der Waals surface area (Å²) in [5, 5.41) is 10.1. The first-order valence-corrected chi connectivity index (χ1v) is 16.1. The third-order valence-electron chi connectivity index (χ3n) is 9.30. The molecule has 8 rings (SSSR count). The Kier molecular flexibility index (Phi) is 7.28. The second-order valence-electron chi connectivity index (χ2n) is 12.2. The molecule has 220 valence electrons. The topological polar surface area (TPSA) is 29.0 Å². The molecule has 3 heteroatoms. The van der Waals surface area contributed by atoms with Crippen molar-refractivity contribution in [2.45, 2.75) is 38.1 Å². The summed E-state index contributed by atoms with van der Waals surface area (Å²) in [6.45, 7) is 0. The number of benzene rings is 4. The summed E-state index contributed by atoms with van der Waals surface area (Å²) in [7, 11) is 0. The van der Waals surface area contributed by atoms with Crippen LogP contribution >= 0.6 is 0 Å². The minimum atomic E-state index is 0.329. The number of anilines is 1. The van der Waals surface area contributed by atoms with Crippen molar-refractivity contribution in [1.82, 2.24) is 9.88 Å². The molecule has 0 bridgehead atoms. The average Bonchev–Trinajstić information content (AvgIpc) is 3.43. The van der Waals surface area contributed by atoms with E-state index in [1.807, 2.05) is 0 Å². The van der Waals surface area contributed by atoms with Crippen molar-refractivity contribution in [2.75, 3.05) is 5.32 Å². The molecule has 0 amide bonds. The zero-order valence-electron chi connectivity index (χ0n) is 25.4. The molecule has 2 N–H and O–H groups in total. The number of rotatable bonds is 7. The molecule has 45 heavy (non-hydrogen) atoms. The van der Waals surface area contributed by atoms with Crippen LogP contribution in [0.2, 0.25) is 0 Å². The molecule has 0 spiro atoms. The fourth-order valence-electron chi connectivity index (χ4n) is 7.00. The highest BCUT2D eigenvalue weighted by molar-refractivity contribution is 6.10. The Labute approximate surface area is 265 Å². The lowest BCUT2D eigenvalue weighted by atomic mass is 9.88. The third-order valence-corrected chi connectivity index (χ3v) is 9.30. The van der Waals surface area contributed by atoms with Crippen LogP contribution in [0.25, 0.3) is 33.1 Å². The average molecular weight is 584 g/mol. The maximum atomic E-state index is 3.81. The van der Waals surface area contributed by atoms with E-state index in [0.717, 1.165) is 37.8 Å². The largest absolute Gasteiger partial charge is 0.382 e. The molecule has 0 aliphatic heterocycles. The summed E-state index contributed by atoms with van der Waals surface area (Å²) in [5.41, 5.74) is 13.0. The Morgan fingerprint density at radius 3 is 2.07 bits per heavy atom. The van der Waals surface area contributed by atoms with Gasteiger partial charge >= 0.3 is 0 Å². The smallest absolute Gasteiger partial charge is 0.0561 e. The van der Waals surface area contributed by atoms with Crippen LogP contribution in [0.4, 0.5) is 5.69 Å². The van der Waals surface area contributed by atoms with Gasteiger partial charge in [-0.25, -0.2) is 0 Å². The van der Waals surface area contributed by atoms with Crippen LogP contribution in [0.15, 0.2) is 168 Å². The maximum Gasteiger partial charge on any atom is 0.0561 e. The fraction of sp³-hybridized carbons (Fsp3) is 0.143. The molecule has 1 aromatic heterocycles. The van der Waals surface area contributed by atoms with Gasteiger partial charge in [-0.1, -0.05) is 103 Å². The number of nitrogens with one attached hydrogen (secondary N) is 2. The minimum Gasteiger partial charge on any atom is -0.382 e. The van der Waals surface area contributed by atoms with Crippen molar-refractivity contribution >= 4 is 33.1 Å². The number of hydrogen-bond acceptors (Lipinski definition) is 2. The molecule has 0 radical (unpaired) electrons. The van der Waals surface area contributed by atoms with Crippen LogP contribution < -0.4 is 10.6 Å². The predicted molar refractivity (Wildman–Crippen MR) is 190 cm³/mol. The SMILES string of the molecule is C1=CC(NC2=CC=C(c3ccccc3)CC2)CC(C2=CC=C(Nc3ccc4c5ccccc5n(-c5ccccc5)c4c3)CC2)=C1. The molecule has 3 aliphatic carbocycles. The first kappa shape index (κ1) is 27.3. The van der Waals surface area contributed by atoms with E-state index < -0.39 is 0 Å². The number of nitrogens with zero attached hydrogens (tertiary/aromatic N) is 1. The monoisotopic (exact) mass is 583 g/mol. The van der Waals surface area contributed by atoms with Gasteiger partial charge in [-0.2, -0.15) is 0 Å². The first-order chi connectivity index (χ1) is 22.3. The number of hydrogen-bond donors (Lipinski definition) is 2. The molecule has 3 nitrogen and oxygen atoms in total. The van der Waals surface area contributed by atoms with Crippen molar-refractivity contribution < 1.29 is 0 Å². The van der Waals surface area contributed by atoms with Crippen LogP contribution in [0.3, 0.4) is 0 Å². The molecule has 0 fully saturated rings. The van der Waals surface area contributed by atoms with E-state index in [1.165, 1.54) is 61.2 Å². The molecular formula is C42H37N3. The number of fused-ring (bicyclic) bond motifs is 3. The zero-order chi connectivity index (χ0) is 30.0. The normalized spacial score (nSPS) is 18.1. The van der Waals surface area contributed by atoms with Gasteiger partial charge in [0.15, 0.2) is 0 Å². The highest BCUT2D eigenvalue weighted by Gasteiger charge is 2.19. The standard InChI is InChI=1S/C42H37N3/c1-3-10-30(11-4-1)31-18-22-34(23-19-31)43-36-13-9-12-33(28-36)32-20-24-35(25-21-32)44-37-26-27-40-39-16-7-8-17-41(39)45(42(40)29-37)38-14-5-2-6-15-38/h1-18,20,22,24,26-27,29,36,43-44H,19,21,23,25,28H2. The quantitative estimate of drug-likeness (QED) is 0.200. The molecule has 1 heterocycles. The highest BCUT2D eigenvalue weighted by atomic mass is 15.0. The first-order valence-electron chi connectivity index (χ1n) is 16.1. The summed E-state index contributed by atoms with van der Waals surface area (Å²) in [4.78, 5) is 0. The fourth-order valence-corrected chi connectivity index (χ4v) is 7.00. The van der Waals surface area contributed by atoms with Gasteiger partial charge < -0.3 is 15.2 Å². The number of aromatic nitrogens is 1. The van der Waals surface area contributed by atoms with Crippen molar-refractivity contribution in [1.29, 1.82) is 0 Å². The Hall–Kier alpha value is -5.28. The third kappa shape index (κ3) is 5.58. The Bertz CT molecular complexity index is 2070. The lowest BCUT2D eigenvalue weighted by Gasteiger charge is -2.26. The molecule has 0 saturated carbocycles. The van der Waals surface area contributed by atoms with E-state index in [2.05, 4.69) is 161 Å². The summed E-state index contributed by atoms with van der Waals surface area (Å²) in [6.07, 6.45) is 21.2. The molecule has 4 aromatic carbocycles. The Morgan fingerprint density at radius 2 is 1.27 bits per heavy atom. The minimum absolute atomic E-state index is 0.329. The van der Waals surface area contributed by atoms with Gasteiger partial charge in [0.1, 0.15) is 0 Å². The van der Waals surface area contributed by atoms with Gasteiger partial charge in [0.25, 0.3) is 0 Å². The molecule has 1 atom stereocenters. The zero-order valence-corrected chi connectivity index (χ0v) is 25.4. The van der Waals surface area contributed by atoms with Crippen LogP contribution in [-0.2, 0) is 0 Å². The molecule has 0 saturated heterocycles. The van der Waals surface area contributed by atoms with Gasteiger partial charge in [-0.3, -0.25) is 0 Å².